The highest BCUT2D eigenvalue weighted by molar-refractivity contribution is 8.00. The van der Waals surface area contributed by atoms with Crippen LogP contribution in [-0.2, 0) is 4.79 Å². The number of nitriles is 1. The largest absolute Gasteiger partial charge is 0.382 e. The Hall–Kier alpha value is -2.66. The summed E-state index contributed by atoms with van der Waals surface area (Å²) in [6, 6.07) is 9.45. The van der Waals surface area contributed by atoms with Gasteiger partial charge in [0.05, 0.1) is 11.4 Å². The number of carbonyl (C=O) groups is 1. The van der Waals surface area contributed by atoms with Crippen LogP contribution in [0.5, 0.6) is 0 Å². The Bertz CT molecular complexity index is 808. The van der Waals surface area contributed by atoms with Crippen LogP contribution in [0, 0.1) is 28.8 Å². The lowest BCUT2D eigenvalue weighted by atomic mass is 10.2. The Labute approximate surface area is 147 Å². The van der Waals surface area contributed by atoms with Gasteiger partial charge in [0.1, 0.15) is 17.4 Å². The number of thioether (sulfide) groups is 1. The van der Waals surface area contributed by atoms with Gasteiger partial charge in [-0.05, 0) is 30.3 Å². The molecule has 0 radical (unpaired) electrons. The number of hydrogen-bond donors (Lipinski definition) is 2. The van der Waals surface area contributed by atoms with Crippen LogP contribution in [0.4, 0.5) is 18.9 Å². The van der Waals surface area contributed by atoms with Crippen molar-refractivity contribution >= 4 is 23.4 Å². The second kappa shape index (κ2) is 8.99. The summed E-state index contributed by atoms with van der Waals surface area (Å²) >= 11 is 1.08. The summed E-state index contributed by atoms with van der Waals surface area (Å²) in [4.78, 5) is 12.2. The molecular weight excluding hydrogens is 351 g/mol. The molecule has 0 saturated heterocycles. The van der Waals surface area contributed by atoms with Gasteiger partial charge in [0.25, 0.3) is 0 Å². The third kappa shape index (κ3) is 5.43. The maximum Gasteiger partial charge on any atom is 0.230 e. The maximum absolute atomic E-state index is 13.4. The molecule has 4 nitrogen and oxygen atoms in total. The number of anilines is 1. The lowest BCUT2D eigenvalue weighted by Crippen LogP contribution is -2.30. The molecule has 0 aliphatic heterocycles. The number of carbonyl (C=O) groups excluding carboxylic acids is 1. The minimum atomic E-state index is -0.960. The van der Waals surface area contributed by atoms with E-state index in [9.17, 15) is 18.0 Å². The van der Waals surface area contributed by atoms with E-state index in [4.69, 9.17) is 5.26 Å². The highest BCUT2D eigenvalue weighted by Gasteiger charge is 2.08. The van der Waals surface area contributed by atoms with E-state index in [0.717, 1.165) is 23.9 Å². The van der Waals surface area contributed by atoms with Crippen LogP contribution in [0.15, 0.2) is 41.3 Å². The van der Waals surface area contributed by atoms with Gasteiger partial charge in [-0.15, -0.1) is 11.8 Å². The van der Waals surface area contributed by atoms with E-state index in [1.165, 1.54) is 18.2 Å². The second-order valence-corrected chi connectivity index (χ2v) is 5.96. The predicted octanol–water partition coefficient (Wildman–Crippen LogP) is 3.30. The highest BCUT2D eigenvalue weighted by Crippen LogP contribution is 2.20. The number of halogens is 3. The first kappa shape index (κ1) is 18.7. The summed E-state index contributed by atoms with van der Waals surface area (Å²) in [5.41, 5.74) is 0.274. The maximum atomic E-state index is 13.4. The standard InChI is InChI=1S/C17H14F3N3OS/c18-13-2-1-3-16(12(13)9-21)22-6-7-23-17(24)10-25-11-4-5-14(19)15(20)8-11/h1-5,8,22H,6-7,10H2,(H,23,24). The van der Waals surface area contributed by atoms with Gasteiger partial charge in [-0.3, -0.25) is 4.79 Å². The van der Waals surface area contributed by atoms with Gasteiger partial charge >= 0.3 is 0 Å². The molecule has 2 aromatic carbocycles. The minimum Gasteiger partial charge on any atom is -0.382 e. The molecule has 0 atom stereocenters. The van der Waals surface area contributed by atoms with Crippen LogP contribution in [-0.4, -0.2) is 24.7 Å². The molecule has 0 bridgehead atoms. The van der Waals surface area contributed by atoms with Crippen LogP contribution < -0.4 is 10.6 Å². The lowest BCUT2D eigenvalue weighted by Gasteiger charge is -2.09. The zero-order valence-electron chi connectivity index (χ0n) is 13.0. The minimum absolute atomic E-state index is 0.0501. The molecule has 1 amide bonds. The molecule has 0 unspecified atom stereocenters. The highest BCUT2D eigenvalue weighted by atomic mass is 32.2. The number of benzene rings is 2. The van der Waals surface area contributed by atoms with E-state index in [0.29, 0.717) is 17.1 Å². The molecule has 25 heavy (non-hydrogen) atoms. The summed E-state index contributed by atoms with van der Waals surface area (Å²) < 4.78 is 39.3. The average molecular weight is 365 g/mol. The van der Waals surface area contributed by atoms with Crippen molar-refractivity contribution in [1.29, 1.82) is 5.26 Å². The third-order valence-corrected chi connectivity index (χ3v) is 4.14. The predicted molar refractivity (Wildman–Crippen MR) is 89.7 cm³/mol. The van der Waals surface area contributed by atoms with Crippen LogP contribution in [0.25, 0.3) is 0 Å². The quantitative estimate of drug-likeness (QED) is 0.584. The average Bonchev–Trinajstić information content (AvgIpc) is 2.60. The number of amides is 1. The first-order valence-corrected chi connectivity index (χ1v) is 8.27. The molecule has 0 fully saturated rings. The summed E-state index contributed by atoms with van der Waals surface area (Å²) in [5.74, 6) is -2.74. The monoisotopic (exact) mass is 365 g/mol. The second-order valence-electron chi connectivity index (χ2n) is 4.92. The van der Waals surface area contributed by atoms with E-state index >= 15 is 0 Å². The molecule has 2 N–H and O–H groups in total. The van der Waals surface area contributed by atoms with Gasteiger partial charge in [-0.2, -0.15) is 5.26 Å². The lowest BCUT2D eigenvalue weighted by molar-refractivity contribution is -0.118. The first-order valence-electron chi connectivity index (χ1n) is 7.28. The Balaban J connectivity index is 1.73. The van der Waals surface area contributed by atoms with Gasteiger partial charge in [-0.25, -0.2) is 13.2 Å². The molecule has 2 aromatic rings. The van der Waals surface area contributed by atoms with Gasteiger partial charge in [0.2, 0.25) is 5.91 Å². The molecule has 8 heteroatoms. The van der Waals surface area contributed by atoms with Crippen molar-refractivity contribution in [3.05, 3.63) is 59.4 Å². The normalized spacial score (nSPS) is 10.2. The van der Waals surface area contributed by atoms with E-state index < -0.39 is 17.5 Å². The Morgan fingerprint density at radius 1 is 1.08 bits per heavy atom. The summed E-state index contributed by atoms with van der Waals surface area (Å²) in [5, 5.41) is 14.4. The zero-order chi connectivity index (χ0) is 18.2. The molecule has 0 heterocycles. The van der Waals surface area contributed by atoms with Crippen LogP contribution in [0.2, 0.25) is 0 Å². The van der Waals surface area contributed by atoms with E-state index in [-0.39, 0.29) is 23.8 Å². The van der Waals surface area contributed by atoms with Crippen molar-refractivity contribution in [2.24, 2.45) is 0 Å². The van der Waals surface area contributed by atoms with Crippen LogP contribution >= 0.6 is 11.8 Å². The molecular formula is C17H14F3N3OS. The van der Waals surface area contributed by atoms with Crippen molar-refractivity contribution in [1.82, 2.24) is 5.32 Å². The molecule has 2 rings (SSSR count). The zero-order valence-corrected chi connectivity index (χ0v) is 13.8. The van der Waals surface area contributed by atoms with Crippen molar-refractivity contribution in [3.8, 4) is 6.07 Å². The van der Waals surface area contributed by atoms with E-state index in [1.807, 2.05) is 0 Å². The fourth-order valence-corrected chi connectivity index (χ4v) is 2.70. The van der Waals surface area contributed by atoms with Crippen LogP contribution in [0.3, 0.4) is 0 Å². The molecule has 0 saturated carbocycles. The summed E-state index contributed by atoms with van der Waals surface area (Å²) in [7, 11) is 0. The van der Waals surface area contributed by atoms with Crippen molar-refractivity contribution < 1.29 is 18.0 Å². The fourth-order valence-electron chi connectivity index (χ4n) is 1.95. The Morgan fingerprint density at radius 3 is 2.60 bits per heavy atom. The summed E-state index contributed by atoms with van der Waals surface area (Å²) in [6.45, 7) is 0.568. The van der Waals surface area contributed by atoms with Gasteiger partial charge in [0.15, 0.2) is 11.6 Å². The van der Waals surface area contributed by atoms with Gasteiger partial charge in [-0.1, -0.05) is 6.07 Å². The molecule has 0 aliphatic carbocycles. The van der Waals surface area contributed by atoms with Crippen LogP contribution in [0.1, 0.15) is 5.56 Å². The molecule has 0 spiro atoms. The number of hydrogen-bond acceptors (Lipinski definition) is 4. The third-order valence-electron chi connectivity index (χ3n) is 3.15. The van der Waals surface area contributed by atoms with Crippen molar-refractivity contribution in [2.45, 2.75) is 4.90 Å². The SMILES string of the molecule is N#Cc1c(F)cccc1NCCNC(=O)CSc1ccc(F)c(F)c1. The van der Waals surface area contributed by atoms with Gasteiger partial charge in [0, 0.05) is 18.0 Å². The topological polar surface area (TPSA) is 64.9 Å². The molecule has 130 valence electrons. The van der Waals surface area contributed by atoms with Gasteiger partial charge < -0.3 is 10.6 Å². The molecule has 0 aromatic heterocycles. The Kier molecular flexibility index (Phi) is 6.71. The van der Waals surface area contributed by atoms with Crippen molar-refractivity contribution in [2.75, 3.05) is 24.2 Å². The Morgan fingerprint density at radius 2 is 1.88 bits per heavy atom. The number of nitrogens with zero attached hydrogens (tertiary/aromatic N) is 1. The smallest absolute Gasteiger partial charge is 0.230 e. The first-order chi connectivity index (χ1) is 12.0. The summed E-state index contributed by atoms with van der Waals surface area (Å²) in [6.07, 6.45) is 0. The molecule has 0 aliphatic rings. The number of rotatable bonds is 7. The fraction of sp³-hybridized carbons (Fsp3) is 0.176. The van der Waals surface area contributed by atoms with E-state index in [2.05, 4.69) is 10.6 Å². The number of nitrogens with one attached hydrogen (secondary N) is 2. The van der Waals surface area contributed by atoms with E-state index in [1.54, 1.807) is 12.1 Å². The van der Waals surface area contributed by atoms with Crippen molar-refractivity contribution in [3.63, 3.8) is 0 Å².